The fourth-order valence-corrected chi connectivity index (χ4v) is 2.82. The van der Waals surface area contributed by atoms with Gasteiger partial charge in [0.15, 0.2) is 5.43 Å². The van der Waals surface area contributed by atoms with Crippen molar-refractivity contribution in [2.24, 2.45) is 0 Å². The average Bonchev–Trinajstić information content (AvgIpc) is 2.75. The van der Waals surface area contributed by atoms with E-state index in [0.29, 0.717) is 22.2 Å². The van der Waals surface area contributed by atoms with Gasteiger partial charge in [-0.2, -0.15) is 0 Å². The van der Waals surface area contributed by atoms with Crippen LogP contribution in [0.2, 0.25) is 0 Å². The first-order chi connectivity index (χ1) is 14.5. The molecular formula is C21H13F2N5O2. The SMILES string of the molecule is O=c1c2cc(F)ccc2ncn1-c1cccc(F)c1.O=c1cc[nH]c2ncncc12. The van der Waals surface area contributed by atoms with Crippen LogP contribution in [0.5, 0.6) is 0 Å². The van der Waals surface area contributed by atoms with Crippen LogP contribution in [0, 0.1) is 11.6 Å². The summed E-state index contributed by atoms with van der Waals surface area (Å²) < 4.78 is 27.5. The van der Waals surface area contributed by atoms with Gasteiger partial charge in [0.2, 0.25) is 0 Å². The second-order valence-corrected chi connectivity index (χ2v) is 6.19. The van der Waals surface area contributed by atoms with Gasteiger partial charge in [-0.1, -0.05) is 6.07 Å². The van der Waals surface area contributed by atoms with Crippen LogP contribution in [0.15, 0.2) is 83.2 Å². The van der Waals surface area contributed by atoms with E-state index in [4.69, 9.17) is 0 Å². The van der Waals surface area contributed by atoms with Crippen molar-refractivity contribution in [1.29, 1.82) is 0 Å². The lowest BCUT2D eigenvalue weighted by atomic mass is 10.2. The molecule has 7 nitrogen and oxygen atoms in total. The number of benzene rings is 2. The van der Waals surface area contributed by atoms with Crippen molar-refractivity contribution < 1.29 is 8.78 Å². The van der Waals surface area contributed by atoms with Gasteiger partial charge in [0, 0.05) is 18.5 Å². The Bertz CT molecular complexity index is 1470. The molecule has 5 rings (SSSR count). The Morgan fingerprint density at radius 3 is 2.53 bits per heavy atom. The fourth-order valence-electron chi connectivity index (χ4n) is 2.82. The molecule has 0 aliphatic rings. The second kappa shape index (κ2) is 8.00. The zero-order valence-corrected chi connectivity index (χ0v) is 15.3. The molecule has 148 valence electrons. The third-order valence-corrected chi connectivity index (χ3v) is 4.24. The van der Waals surface area contributed by atoms with Crippen LogP contribution < -0.4 is 11.0 Å². The zero-order chi connectivity index (χ0) is 21.1. The minimum Gasteiger partial charge on any atom is -0.346 e. The number of rotatable bonds is 1. The van der Waals surface area contributed by atoms with E-state index in [1.807, 2.05) is 0 Å². The van der Waals surface area contributed by atoms with Gasteiger partial charge >= 0.3 is 0 Å². The summed E-state index contributed by atoms with van der Waals surface area (Å²) in [5.41, 5.74) is 0.838. The highest BCUT2D eigenvalue weighted by atomic mass is 19.1. The van der Waals surface area contributed by atoms with Crippen LogP contribution in [0.3, 0.4) is 0 Å². The normalized spacial score (nSPS) is 10.6. The van der Waals surface area contributed by atoms with E-state index in [1.54, 1.807) is 12.3 Å². The van der Waals surface area contributed by atoms with E-state index < -0.39 is 17.2 Å². The number of hydrogen-bond acceptors (Lipinski definition) is 5. The number of nitrogens with one attached hydrogen (secondary N) is 1. The Morgan fingerprint density at radius 2 is 1.73 bits per heavy atom. The maximum atomic E-state index is 13.2. The molecule has 0 aliphatic heterocycles. The Hall–Kier alpha value is -4.27. The van der Waals surface area contributed by atoms with Gasteiger partial charge < -0.3 is 4.98 Å². The largest absolute Gasteiger partial charge is 0.346 e. The van der Waals surface area contributed by atoms with E-state index >= 15 is 0 Å². The lowest BCUT2D eigenvalue weighted by Gasteiger charge is -2.06. The van der Waals surface area contributed by atoms with Crippen LogP contribution in [-0.4, -0.2) is 24.5 Å². The van der Waals surface area contributed by atoms with Crippen LogP contribution >= 0.6 is 0 Å². The lowest BCUT2D eigenvalue weighted by molar-refractivity contribution is 0.625. The Morgan fingerprint density at radius 1 is 0.900 bits per heavy atom. The van der Waals surface area contributed by atoms with Crippen LogP contribution in [0.1, 0.15) is 0 Å². The fraction of sp³-hybridized carbons (Fsp3) is 0. The highest BCUT2D eigenvalue weighted by molar-refractivity contribution is 5.77. The molecule has 0 saturated heterocycles. The molecule has 0 atom stereocenters. The van der Waals surface area contributed by atoms with Gasteiger partial charge in [-0.25, -0.2) is 23.7 Å². The predicted octanol–water partition coefficient (Wildman–Crippen LogP) is 2.98. The third-order valence-electron chi connectivity index (χ3n) is 4.24. The summed E-state index contributed by atoms with van der Waals surface area (Å²) in [5.74, 6) is -0.966. The molecule has 0 aliphatic carbocycles. The molecule has 0 spiro atoms. The van der Waals surface area contributed by atoms with E-state index in [1.165, 1.54) is 59.8 Å². The maximum absolute atomic E-state index is 13.2. The zero-order valence-electron chi connectivity index (χ0n) is 15.3. The van der Waals surface area contributed by atoms with Gasteiger partial charge in [0.1, 0.15) is 29.9 Å². The number of halogens is 2. The first-order valence-corrected chi connectivity index (χ1v) is 8.73. The number of aromatic nitrogens is 5. The van der Waals surface area contributed by atoms with Gasteiger partial charge in [0.25, 0.3) is 5.56 Å². The summed E-state index contributed by atoms with van der Waals surface area (Å²) in [5, 5.41) is 0.682. The Labute approximate surface area is 167 Å². The first-order valence-electron chi connectivity index (χ1n) is 8.73. The van der Waals surface area contributed by atoms with Gasteiger partial charge in [0.05, 0.1) is 22.0 Å². The predicted molar refractivity (Wildman–Crippen MR) is 107 cm³/mol. The van der Waals surface area contributed by atoms with Crippen molar-refractivity contribution in [3.63, 3.8) is 0 Å². The van der Waals surface area contributed by atoms with Crippen molar-refractivity contribution in [3.8, 4) is 5.69 Å². The number of fused-ring (bicyclic) bond motifs is 2. The van der Waals surface area contributed by atoms with Crippen molar-refractivity contribution in [1.82, 2.24) is 24.5 Å². The molecule has 9 heteroatoms. The lowest BCUT2D eigenvalue weighted by Crippen LogP contribution is -2.19. The number of aromatic amines is 1. The second-order valence-electron chi connectivity index (χ2n) is 6.19. The molecule has 0 saturated carbocycles. The standard InChI is InChI=1S/C14H8F2N2O.C7H5N3O/c15-9-2-1-3-11(6-9)18-8-17-13-5-4-10(16)7-12(13)14(18)19;11-6-1-2-9-7-5(6)3-8-4-10-7/h1-8H;1-4H,(H,8,9,10,11). The van der Waals surface area contributed by atoms with Gasteiger partial charge in [-0.15, -0.1) is 0 Å². The molecule has 1 N–H and O–H groups in total. The van der Waals surface area contributed by atoms with Crippen LogP contribution in [0.25, 0.3) is 27.6 Å². The summed E-state index contributed by atoms with van der Waals surface area (Å²) in [6, 6.07) is 10.8. The molecule has 5 aromatic rings. The highest BCUT2D eigenvalue weighted by Crippen LogP contribution is 2.12. The number of nitrogens with zero attached hydrogens (tertiary/aromatic N) is 4. The van der Waals surface area contributed by atoms with Gasteiger partial charge in [-0.05, 0) is 36.4 Å². The molecule has 2 aromatic carbocycles. The number of H-pyrrole nitrogens is 1. The van der Waals surface area contributed by atoms with Crippen molar-refractivity contribution in [3.05, 3.63) is 106 Å². The summed E-state index contributed by atoms with van der Waals surface area (Å²) in [6.07, 6.45) is 5.77. The number of hydrogen-bond donors (Lipinski definition) is 1. The molecule has 3 aromatic heterocycles. The average molecular weight is 405 g/mol. The number of pyridine rings is 1. The molecule has 30 heavy (non-hydrogen) atoms. The molecule has 3 heterocycles. The van der Waals surface area contributed by atoms with E-state index in [-0.39, 0.29) is 10.8 Å². The van der Waals surface area contributed by atoms with E-state index in [9.17, 15) is 18.4 Å². The summed E-state index contributed by atoms with van der Waals surface area (Å²) in [4.78, 5) is 37.8. The minimum atomic E-state index is -0.511. The molecule has 0 fully saturated rings. The van der Waals surface area contributed by atoms with E-state index in [2.05, 4.69) is 19.9 Å². The quantitative estimate of drug-likeness (QED) is 0.463. The third kappa shape index (κ3) is 3.81. The Kier molecular flexibility index (Phi) is 5.08. The minimum absolute atomic E-state index is 0.0562. The summed E-state index contributed by atoms with van der Waals surface area (Å²) in [7, 11) is 0. The molecule has 0 amide bonds. The maximum Gasteiger partial charge on any atom is 0.265 e. The Balaban J connectivity index is 0.000000168. The first kappa shape index (κ1) is 19.1. The van der Waals surface area contributed by atoms with Crippen molar-refractivity contribution >= 4 is 21.9 Å². The smallest absolute Gasteiger partial charge is 0.265 e. The molecule has 0 unspecified atom stereocenters. The van der Waals surface area contributed by atoms with Crippen molar-refractivity contribution in [2.75, 3.05) is 0 Å². The highest BCUT2D eigenvalue weighted by Gasteiger charge is 2.07. The summed E-state index contributed by atoms with van der Waals surface area (Å²) in [6.45, 7) is 0. The van der Waals surface area contributed by atoms with Crippen molar-refractivity contribution in [2.45, 2.75) is 0 Å². The van der Waals surface area contributed by atoms with E-state index in [0.717, 1.165) is 6.07 Å². The monoisotopic (exact) mass is 405 g/mol. The van der Waals surface area contributed by atoms with Gasteiger partial charge in [-0.3, -0.25) is 14.2 Å². The van der Waals surface area contributed by atoms with Crippen LogP contribution in [0.4, 0.5) is 8.78 Å². The van der Waals surface area contributed by atoms with Crippen LogP contribution in [-0.2, 0) is 0 Å². The molecule has 0 bridgehead atoms. The molecular weight excluding hydrogens is 392 g/mol. The summed E-state index contributed by atoms with van der Waals surface area (Å²) >= 11 is 0. The molecule has 0 radical (unpaired) electrons. The topological polar surface area (TPSA) is 93.5 Å².